The number of benzene rings is 1. The first-order chi connectivity index (χ1) is 8.66. The van der Waals surface area contributed by atoms with Crippen molar-refractivity contribution >= 4 is 12.2 Å². The highest BCUT2D eigenvalue weighted by Crippen LogP contribution is 2.31. The fraction of sp³-hybridized carbons (Fsp3) is 0.250. The van der Waals surface area contributed by atoms with Crippen molar-refractivity contribution in [3.63, 3.8) is 0 Å². The molecule has 2 heterocycles. The summed E-state index contributed by atoms with van der Waals surface area (Å²) in [5.41, 5.74) is 0.723. The molecule has 1 aliphatic rings. The Hall–Kier alpha value is -1.95. The topological polar surface area (TPSA) is 59.9 Å². The summed E-state index contributed by atoms with van der Waals surface area (Å²) in [5.74, 6) is 0. The minimum atomic E-state index is -0.289. The molecule has 0 radical (unpaired) electrons. The third-order valence-electron chi connectivity index (χ3n) is 2.99. The van der Waals surface area contributed by atoms with E-state index in [1.165, 1.54) is 4.57 Å². The molecule has 1 N–H and O–H groups in total. The average molecular weight is 261 g/mol. The van der Waals surface area contributed by atoms with Crippen LogP contribution in [0, 0.1) is 4.77 Å². The van der Waals surface area contributed by atoms with Crippen LogP contribution < -0.4 is 10.4 Å². The number of rotatable bonds is 1. The molecule has 0 bridgehead atoms. The van der Waals surface area contributed by atoms with Gasteiger partial charge in [0.1, 0.15) is 12.1 Å². The third-order valence-corrected chi connectivity index (χ3v) is 3.18. The van der Waals surface area contributed by atoms with Crippen molar-refractivity contribution in [3.05, 3.63) is 51.2 Å². The zero-order valence-electron chi connectivity index (χ0n) is 9.66. The maximum Gasteiger partial charge on any atom is 0.332 e. The van der Waals surface area contributed by atoms with Gasteiger partial charge >= 0.3 is 11.7 Å². The standard InChI is InChI=1S/C12H11N3O2S/c1-7-9(8-5-3-2-4-6-8)15-11(16)13-10(18)14-12(15)17-7/h2-7,9H,1H3,(H,13,16,18)/t7-,9-/m0/s1. The predicted molar refractivity (Wildman–Crippen MR) is 68.4 cm³/mol. The first-order valence-electron chi connectivity index (χ1n) is 5.61. The van der Waals surface area contributed by atoms with Gasteiger partial charge in [-0.25, -0.2) is 9.36 Å². The van der Waals surface area contributed by atoms with Crippen LogP contribution in [0.3, 0.4) is 0 Å². The lowest BCUT2D eigenvalue weighted by Crippen LogP contribution is -2.28. The van der Waals surface area contributed by atoms with Crippen LogP contribution in [0.25, 0.3) is 0 Å². The summed E-state index contributed by atoms with van der Waals surface area (Å²) in [4.78, 5) is 18.5. The van der Waals surface area contributed by atoms with Gasteiger partial charge in [-0.2, -0.15) is 4.98 Å². The predicted octanol–water partition coefficient (Wildman–Crippen LogP) is 1.67. The number of nitrogens with zero attached hydrogens (tertiary/aromatic N) is 2. The molecule has 18 heavy (non-hydrogen) atoms. The fourth-order valence-electron chi connectivity index (χ4n) is 2.25. The number of hydrogen-bond acceptors (Lipinski definition) is 4. The van der Waals surface area contributed by atoms with E-state index >= 15 is 0 Å². The average Bonchev–Trinajstić information content (AvgIpc) is 2.66. The molecule has 6 heteroatoms. The van der Waals surface area contributed by atoms with E-state index < -0.39 is 0 Å². The van der Waals surface area contributed by atoms with Gasteiger partial charge in [0, 0.05) is 0 Å². The maximum absolute atomic E-state index is 12.0. The zero-order valence-corrected chi connectivity index (χ0v) is 10.5. The first kappa shape index (κ1) is 11.2. The van der Waals surface area contributed by atoms with Crippen LogP contribution in [0.2, 0.25) is 0 Å². The highest BCUT2D eigenvalue weighted by molar-refractivity contribution is 7.71. The van der Waals surface area contributed by atoms with Gasteiger partial charge in [0.2, 0.25) is 4.77 Å². The Morgan fingerprint density at radius 2 is 2.11 bits per heavy atom. The maximum atomic E-state index is 12.0. The van der Waals surface area contributed by atoms with Crippen molar-refractivity contribution in [3.8, 4) is 6.01 Å². The van der Waals surface area contributed by atoms with Gasteiger partial charge in [-0.05, 0) is 24.7 Å². The number of aromatic nitrogens is 3. The number of nitrogens with one attached hydrogen (secondary N) is 1. The summed E-state index contributed by atoms with van der Waals surface area (Å²) < 4.78 is 7.26. The monoisotopic (exact) mass is 261 g/mol. The van der Waals surface area contributed by atoms with Gasteiger partial charge in [0.05, 0.1) is 0 Å². The Kier molecular flexibility index (Phi) is 2.52. The Balaban J connectivity index is 2.21. The van der Waals surface area contributed by atoms with Gasteiger partial charge in [0.15, 0.2) is 0 Å². The number of ether oxygens (including phenoxy) is 1. The lowest BCUT2D eigenvalue weighted by Gasteiger charge is -2.15. The van der Waals surface area contributed by atoms with Gasteiger partial charge in [-0.3, -0.25) is 4.98 Å². The van der Waals surface area contributed by atoms with Crippen molar-refractivity contribution in [2.75, 3.05) is 0 Å². The van der Waals surface area contributed by atoms with Gasteiger partial charge in [0.25, 0.3) is 0 Å². The molecule has 0 saturated carbocycles. The molecule has 0 fully saturated rings. The molecule has 92 valence electrons. The van der Waals surface area contributed by atoms with Crippen LogP contribution >= 0.6 is 12.2 Å². The molecule has 5 nitrogen and oxygen atoms in total. The van der Waals surface area contributed by atoms with E-state index in [0.717, 1.165) is 5.56 Å². The van der Waals surface area contributed by atoms with E-state index in [2.05, 4.69) is 9.97 Å². The van der Waals surface area contributed by atoms with Crippen molar-refractivity contribution in [2.45, 2.75) is 19.1 Å². The van der Waals surface area contributed by atoms with Crippen LogP contribution in [0.1, 0.15) is 18.5 Å². The number of aromatic amines is 1. The van der Waals surface area contributed by atoms with Crippen molar-refractivity contribution in [1.29, 1.82) is 0 Å². The number of fused-ring (bicyclic) bond motifs is 1. The summed E-state index contributed by atoms with van der Waals surface area (Å²) in [5, 5.41) is 0. The summed E-state index contributed by atoms with van der Waals surface area (Å²) in [6.07, 6.45) is -0.155. The summed E-state index contributed by atoms with van der Waals surface area (Å²) in [6.45, 7) is 1.91. The van der Waals surface area contributed by atoms with Crippen LogP contribution in [0.5, 0.6) is 6.01 Å². The number of H-pyrrole nitrogens is 1. The highest BCUT2D eigenvalue weighted by atomic mass is 32.1. The summed E-state index contributed by atoms with van der Waals surface area (Å²) in [6, 6.07) is 9.84. The van der Waals surface area contributed by atoms with E-state index in [1.54, 1.807) is 0 Å². The van der Waals surface area contributed by atoms with Gasteiger partial charge in [-0.1, -0.05) is 30.3 Å². The molecule has 2 atom stereocenters. The SMILES string of the molecule is C[C@@H]1Oc2nc(=S)[nH]c(=O)n2[C@@H]1c1ccccc1. The Morgan fingerprint density at radius 3 is 2.83 bits per heavy atom. The first-order valence-corrected chi connectivity index (χ1v) is 6.02. The largest absolute Gasteiger partial charge is 0.459 e. The van der Waals surface area contributed by atoms with Crippen LogP contribution in [0.15, 0.2) is 35.1 Å². The summed E-state index contributed by atoms with van der Waals surface area (Å²) in [7, 11) is 0. The van der Waals surface area contributed by atoms with Crippen molar-refractivity contribution < 1.29 is 4.74 Å². The van der Waals surface area contributed by atoms with Gasteiger partial charge in [-0.15, -0.1) is 0 Å². The molecule has 0 unspecified atom stereocenters. The minimum absolute atomic E-state index is 0.146. The summed E-state index contributed by atoms with van der Waals surface area (Å²) >= 11 is 4.87. The van der Waals surface area contributed by atoms with E-state index in [0.29, 0.717) is 0 Å². The molecule has 0 aliphatic carbocycles. The second kappa shape index (κ2) is 4.06. The molecule has 1 aliphatic heterocycles. The van der Waals surface area contributed by atoms with Crippen LogP contribution in [-0.2, 0) is 0 Å². The Labute approximate surface area is 108 Å². The van der Waals surface area contributed by atoms with E-state index in [1.807, 2.05) is 37.3 Å². The molecule has 2 aromatic rings. The fourth-order valence-corrected chi connectivity index (χ4v) is 2.41. The molecule has 1 aromatic carbocycles. The lowest BCUT2D eigenvalue weighted by atomic mass is 10.0. The zero-order chi connectivity index (χ0) is 12.7. The second-order valence-corrected chi connectivity index (χ2v) is 4.56. The molecule has 0 saturated heterocycles. The van der Waals surface area contributed by atoms with Gasteiger partial charge < -0.3 is 4.74 Å². The molecule has 3 rings (SSSR count). The molecule has 0 amide bonds. The van der Waals surface area contributed by atoms with E-state index in [-0.39, 0.29) is 28.6 Å². The van der Waals surface area contributed by atoms with E-state index in [9.17, 15) is 4.79 Å². The van der Waals surface area contributed by atoms with Crippen molar-refractivity contribution in [1.82, 2.24) is 14.5 Å². The quantitative estimate of drug-likeness (QED) is 0.793. The van der Waals surface area contributed by atoms with Crippen LogP contribution in [-0.4, -0.2) is 20.6 Å². The Bertz CT molecular complexity index is 692. The van der Waals surface area contributed by atoms with Crippen LogP contribution in [0.4, 0.5) is 0 Å². The molecular weight excluding hydrogens is 250 g/mol. The Morgan fingerprint density at radius 1 is 1.39 bits per heavy atom. The molecule has 1 aromatic heterocycles. The lowest BCUT2D eigenvalue weighted by molar-refractivity contribution is 0.229. The smallest absolute Gasteiger partial charge is 0.332 e. The third kappa shape index (κ3) is 1.65. The second-order valence-electron chi connectivity index (χ2n) is 4.18. The number of hydrogen-bond donors (Lipinski definition) is 1. The van der Waals surface area contributed by atoms with Crippen molar-refractivity contribution in [2.24, 2.45) is 0 Å². The molecular formula is C12H11N3O2S. The normalized spacial score (nSPS) is 21.4. The molecule has 0 spiro atoms. The highest BCUT2D eigenvalue weighted by Gasteiger charge is 2.34. The minimum Gasteiger partial charge on any atom is -0.459 e. The van der Waals surface area contributed by atoms with E-state index in [4.69, 9.17) is 17.0 Å².